The third-order valence-electron chi connectivity index (χ3n) is 6.26. The molecule has 2 aromatic rings. The van der Waals surface area contributed by atoms with Gasteiger partial charge in [-0.1, -0.05) is 30.3 Å². The maximum Gasteiger partial charge on any atom is 0.328 e. The van der Waals surface area contributed by atoms with E-state index in [0.717, 1.165) is 12.3 Å². The highest BCUT2D eigenvalue weighted by molar-refractivity contribution is 5.89. The van der Waals surface area contributed by atoms with E-state index in [9.17, 15) is 9.59 Å². The molecule has 170 valence electrons. The molecule has 7 heteroatoms. The minimum absolute atomic E-state index is 0.444. The average Bonchev–Trinajstić information content (AvgIpc) is 2.81. The second-order valence-electron chi connectivity index (χ2n) is 8.07. The van der Waals surface area contributed by atoms with Gasteiger partial charge in [0.1, 0.15) is 5.75 Å². The van der Waals surface area contributed by atoms with E-state index in [-0.39, 0.29) is 0 Å². The van der Waals surface area contributed by atoms with Crippen LogP contribution in [0.5, 0.6) is 5.75 Å². The molecular weight excluding hydrogens is 408 g/mol. The molecule has 0 amide bonds. The first kappa shape index (κ1) is 23.3. The van der Waals surface area contributed by atoms with Gasteiger partial charge in [0.15, 0.2) is 0 Å². The smallest absolute Gasteiger partial charge is 0.328 e. The van der Waals surface area contributed by atoms with Crippen molar-refractivity contribution in [3.8, 4) is 5.75 Å². The van der Waals surface area contributed by atoms with Gasteiger partial charge in [-0.25, -0.2) is 9.59 Å². The lowest BCUT2D eigenvalue weighted by atomic mass is 9.81. The first-order valence-corrected chi connectivity index (χ1v) is 10.7. The summed E-state index contributed by atoms with van der Waals surface area (Å²) < 4.78 is 5.44. The van der Waals surface area contributed by atoms with Crippen LogP contribution >= 0.6 is 0 Å². The number of benzene rings is 2. The molecular formula is C25H30N2O5. The van der Waals surface area contributed by atoms with Gasteiger partial charge in [-0.15, -0.1) is 0 Å². The average molecular weight is 439 g/mol. The van der Waals surface area contributed by atoms with Gasteiger partial charge in [0.2, 0.25) is 0 Å². The number of ether oxygens (including phenoxy) is 1. The molecule has 2 N–H and O–H groups in total. The molecule has 2 aliphatic heterocycles. The van der Waals surface area contributed by atoms with Gasteiger partial charge in [0.25, 0.3) is 0 Å². The second-order valence-corrected chi connectivity index (χ2v) is 8.07. The molecule has 2 aromatic carbocycles. The summed E-state index contributed by atoms with van der Waals surface area (Å²) in [5.74, 6) is -0.893. The summed E-state index contributed by atoms with van der Waals surface area (Å²) in [6, 6.07) is 17.9. The fraction of sp³-hybridized carbons (Fsp3) is 0.360. The maximum atomic E-state index is 9.55. The second kappa shape index (κ2) is 10.3. The number of hydrogen-bond donors (Lipinski definition) is 2. The number of carboxylic acids is 2. The molecule has 2 bridgehead atoms. The summed E-state index contributed by atoms with van der Waals surface area (Å²) in [6.07, 6.45) is 4.01. The molecule has 3 atom stereocenters. The van der Waals surface area contributed by atoms with Gasteiger partial charge in [-0.05, 0) is 55.0 Å². The van der Waals surface area contributed by atoms with Crippen molar-refractivity contribution < 1.29 is 24.5 Å². The van der Waals surface area contributed by atoms with Crippen LogP contribution in [0.15, 0.2) is 60.7 Å². The number of rotatable bonds is 5. The van der Waals surface area contributed by atoms with Gasteiger partial charge < -0.3 is 19.8 Å². The van der Waals surface area contributed by atoms with Crippen LogP contribution in [0.2, 0.25) is 0 Å². The first-order valence-electron chi connectivity index (χ1n) is 10.7. The van der Waals surface area contributed by atoms with Crippen LogP contribution in [-0.4, -0.2) is 53.9 Å². The molecule has 2 heterocycles. The van der Waals surface area contributed by atoms with E-state index in [2.05, 4.69) is 72.3 Å². The summed E-state index contributed by atoms with van der Waals surface area (Å²) in [6.45, 7) is 3.49. The van der Waals surface area contributed by atoms with E-state index >= 15 is 0 Å². The third-order valence-corrected chi connectivity index (χ3v) is 6.26. The predicted octanol–water partition coefficient (Wildman–Crippen LogP) is 4.12. The number of fused-ring (bicyclic) bond motifs is 4. The third kappa shape index (κ3) is 5.29. The van der Waals surface area contributed by atoms with Crippen molar-refractivity contribution in [3.05, 3.63) is 71.8 Å². The molecule has 3 unspecified atom stereocenters. The van der Waals surface area contributed by atoms with E-state index < -0.39 is 11.9 Å². The number of nitrogens with zero attached hydrogens (tertiary/aromatic N) is 2. The highest BCUT2D eigenvalue weighted by Gasteiger charge is 2.40. The molecule has 1 saturated heterocycles. The topological polar surface area (TPSA) is 90.3 Å². The van der Waals surface area contributed by atoms with Crippen molar-refractivity contribution in [2.45, 2.75) is 37.9 Å². The fourth-order valence-corrected chi connectivity index (χ4v) is 4.61. The van der Waals surface area contributed by atoms with E-state index in [1.807, 2.05) is 0 Å². The Balaban J connectivity index is 0.000000312. The van der Waals surface area contributed by atoms with Gasteiger partial charge >= 0.3 is 11.9 Å². The molecule has 1 fully saturated rings. The maximum absolute atomic E-state index is 9.55. The number of likely N-dealkylation sites (tertiary alicyclic amines) is 1. The van der Waals surface area contributed by atoms with Crippen LogP contribution in [0.4, 0.5) is 5.69 Å². The Morgan fingerprint density at radius 1 is 1.09 bits per heavy atom. The largest absolute Gasteiger partial charge is 0.497 e. The minimum atomic E-state index is -1.26. The van der Waals surface area contributed by atoms with Crippen molar-refractivity contribution in [1.29, 1.82) is 0 Å². The standard InChI is InChI=1S/C21H26N2O.C4H4O4/c1-15(16-7-5-4-6-8-16)23-12-11-17-13-21(23)22(2)20-10-9-18(24-3)14-19(17)20;5-3(6)1-2-4(7)8/h4-10,14-15,17,21H,11-13H2,1-3H3;1-2H,(H,5,6)(H,7,8). The Hall–Kier alpha value is -3.32. The van der Waals surface area contributed by atoms with Crippen molar-refractivity contribution in [3.63, 3.8) is 0 Å². The normalized spacial score (nSPS) is 20.7. The van der Waals surface area contributed by atoms with Crippen LogP contribution in [-0.2, 0) is 9.59 Å². The van der Waals surface area contributed by atoms with Crippen molar-refractivity contribution in [2.75, 3.05) is 25.6 Å². The summed E-state index contributed by atoms with van der Waals surface area (Å²) in [5, 5.41) is 15.6. The number of carbonyl (C=O) groups is 2. The fourth-order valence-electron chi connectivity index (χ4n) is 4.61. The van der Waals surface area contributed by atoms with Crippen LogP contribution in [0.1, 0.15) is 42.9 Å². The molecule has 0 saturated carbocycles. The Morgan fingerprint density at radius 2 is 1.75 bits per heavy atom. The monoisotopic (exact) mass is 438 g/mol. The lowest BCUT2D eigenvalue weighted by Gasteiger charge is -2.51. The van der Waals surface area contributed by atoms with Crippen LogP contribution in [0.25, 0.3) is 0 Å². The van der Waals surface area contributed by atoms with E-state index in [0.29, 0.717) is 30.3 Å². The summed E-state index contributed by atoms with van der Waals surface area (Å²) in [7, 11) is 3.99. The summed E-state index contributed by atoms with van der Waals surface area (Å²) in [5.41, 5.74) is 4.23. The lowest BCUT2D eigenvalue weighted by molar-refractivity contribution is -0.134. The number of methoxy groups -OCH3 is 1. The Kier molecular flexibility index (Phi) is 7.53. The number of aliphatic carboxylic acids is 2. The lowest BCUT2D eigenvalue weighted by Crippen LogP contribution is -2.54. The summed E-state index contributed by atoms with van der Waals surface area (Å²) >= 11 is 0. The highest BCUT2D eigenvalue weighted by Crippen LogP contribution is 2.46. The van der Waals surface area contributed by atoms with E-state index in [1.165, 1.54) is 29.7 Å². The molecule has 0 aliphatic carbocycles. The van der Waals surface area contributed by atoms with Gasteiger partial charge in [0.05, 0.1) is 13.3 Å². The van der Waals surface area contributed by atoms with Crippen LogP contribution in [0, 0.1) is 0 Å². The molecule has 7 nitrogen and oxygen atoms in total. The molecule has 4 rings (SSSR count). The van der Waals surface area contributed by atoms with Gasteiger partial charge in [-0.2, -0.15) is 0 Å². The van der Waals surface area contributed by atoms with Crippen molar-refractivity contribution in [1.82, 2.24) is 4.90 Å². The predicted molar refractivity (Wildman–Crippen MR) is 123 cm³/mol. The van der Waals surface area contributed by atoms with Gasteiger partial charge in [-0.3, -0.25) is 4.90 Å². The zero-order valence-electron chi connectivity index (χ0n) is 18.6. The van der Waals surface area contributed by atoms with Crippen molar-refractivity contribution >= 4 is 17.6 Å². The number of piperidine rings is 1. The zero-order chi connectivity index (χ0) is 23.3. The Morgan fingerprint density at radius 3 is 2.34 bits per heavy atom. The van der Waals surface area contributed by atoms with E-state index in [4.69, 9.17) is 14.9 Å². The van der Waals surface area contributed by atoms with Crippen LogP contribution in [0.3, 0.4) is 0 Å². The molecule has 0 radical (unpaired) electrons. The number of hydrogen-bond acceptors (Lipinski definition) is 5. The quantitative estimate of drug-likeness (QED) is 0.679. The van der Waals surface area contributed by atoms with Gasteiger partial charge in [0, 0.05) is 37.5 Å². The minimum Gasteiger partial charge on any atom is -0.497 e. The first-order chi connectivity index (χ1) is 15.3. The Labute approximate surface area is 188 Å². The molecule has 32 heavy (non-hydrogen) atoms. The molecule has 2 aliphatic rings. The van der Waals surface area contributed by atoms with E-state index in [1.54, 1.807) is 7.11 Å². The number of anilines is 1. The summed E-state index contributed by atoms with van der Waals surface area (Å²) in [4.78, 5) is 24.2. The Bertz CT molecular complexity index is 960. The highest BCUT2D eigenvalue weighted by atomic mass is 16.5. The number of carboxylic acid groups (broad SMARTS) is 2. The van der Waals surface area contributed by atoms with Crippen LogP contribution < -0.4 is 9.64 Å². The zero-order valence-corrected chi connectivity index (χ0v) is 18.6. The molecule has 0 aromatic heterocycles. The SMILES string of the molecule is COc1ccc2c(c1)C1CCN(C(C)c3ccccc3)C(C1)N2C.O=C(O)C=CC(=O)O. The molecule has 0 spiro atoms. The van der Waals surface area contributed by atoms with Crippen molar-refractivity contribution in [2.24, 2.45) is 0 Å².